The molecule has 0 aromatic heterocycles. The summed E-state index contributed by atoms with van der Waals surface area (Å²) < 4.78 is 11.6. The topological polar surface area (TPSA) is 76.2 Å². The number of ether oxygens (including phenoxy) is 2. The lowest BCUT2D eigenvalue weighted by molar-refractivity contribution is -0.139. The second-order valence-corrected chi connectivity index (χ2v) is 9.23. The van der Waals surface area contributed by atoms with E-state index in [-0.39, 0.29) is 29.9 Å². The van der Waals surface area contributed by atoms with Crippen molar-refractivity contribution < 1.29 is 23.9 Å². The third-order valence-corrected chi connectivity index (χ3v) is 7.06. The number of hydrogen-bond acceptors (Lipinski definition) is 5. The lowest BCUT2D eigenvalue weighted by Crippen LogP contribution is -2.53. The van der Waals surface area contributed by atoms with Gasteiger partial charge in [0, 0.05) is 51.5 Å². The molecule has 2 aromatic rings. The van der Waals surface area contributed by atoms with Gasteiger partial charge < -0.3 is 19.3 Å². The third kappa shape index (κ3) is 4.19. The first-order valence-electron chi connectivity index (χ1n) is 11.5. The summed E-state index contributed by atoms with van der Waals surface area (Å²) in [4.78, 5) is 42.1. The van der Waals surface area contributed by atoms with Crippen LogP contribution < -0.4 is 9.47 Å². The predicted octanol–water partition coefficient (Wildman–Crippen LogP) is 3.07. The molecule has 1 unspecified atom stereocenters. The van der Waals surface area contributed by atoms with Crippen LogP contribution in [0, 0.1) is 5.92 Å². The van der Waals surface area contributed by atoms with E-state index in [2.05, 4.69) is 0 Å². The van der Waals surface area contributed by atoms with Crippen LogP contribution in [0.3, 0.4) is 0 Å². The van der Waals surface area contributed by atoms with Gasteiger partial charge in [-0.15, -0.1) is 0 Å². The number of ketones is 1. The van der Waals surface area contributed by atoms with Crippen LogP contribution >= 0.6 is 0 Å². The lowest BCUT2D eigenvalue weighted by atomic mass is 9.82. The van der Waals surface area contributed by atoms with Gasteiger partial charge >= 0.3 is 0 Å². The summed E-state index contributed by atoms with van der Waals surface area (Å²) in [6, 6.07) is 15.1. The Morgan fingerprint density at radius 2 is 1.88 bits per heavy atom. The smallest absolute Gasteiger partial charge is 0.227 e. The highest BCUT2D eigenvalue weighted by molar-refractivity contribution is 6.00. The van der Waals surface area contributed by atoms with Crippen LogP contribution in [-0.4, -0.2) is 59.7 Å². The van der Waals surface area contributed by atoms with Crippen LogP contribution in [0.5, 0.6) is 11.5 Å². The number of amides is 2. The number of methoxy groups -OCH3 is 1. The van der Waals surface area contributed by atoms with E-state index in [4.69, 9.17) is 9.47 Å². The highest BCUT2D eigenvalue weighted by Crippen LogP contribution is 2.41. The zero-order valence-electron chi connectivity index (χ0n) is 18.8. The molecule has 172 valence electrons. The Balaban J connectivity index is 1.21. The van der Waals surface area contributed by atoms with Gasteiger partial charge in [-0.05, 0) is 17.7 Å². The first-order chi connectivity index (χ1) is 16.0. The Bertz CT molecular complexity index is 1080. The van der Waals surface area contributed by atoms with Gasteiger partial charge in [-0.3, -0.25) is 14.4 Å². The predicted molar refractivity (Wildman–Crippen MR) is 121 cm³/mol. The van der Waals surface area contributed by atoms with Gasteiger partial charge in [0.15, 0.2) is 5.78 Å². The number of benzene rings is 2. The van der Waals surface area contributed by atoms with Crippen LogP contribution in [0.2, 0.25) is 0 Å². The van der Waals surface area contributed by atoms with Crippen LogP contribution in [0.25, 0.3) is 0 Å². The highest BCUT2D eigenvalue weighted by Gasteiger charge is 2.45. The standard InChI is InChI=1S/C26H28N2O5/c1-32-20-7-8-21-22(29)15-26(33-23(21)14-20)9-11-27(12-10-26)25(31)19-13-24(30)28(17-19)16-18-5-3-2-4-6-18/h2-8,14,19H,9-13,15-17H2,1H3. The largest absolute Gasteiger partial charge is 0.497 e. The van der Waals surface area contributed by atoms with Gasteiger partial charge in [0.1, 0.15) is 17.1 Å². The molecule has 7 heteroatoms. The van der Waals surface area contributed by atoms with Crippen LogP contribution in [0.1, 0.15) is 41.6 Å². The second kappa shape index (κ2) is 8.54. The zero-order valence-corrected chi connectivity index (χ0v) is 18.8. The Hall–Kier alpha value is -3.35. The average molecular weight is 449 g/mol. The summed E-state index contributed by atoms with van der Waals surface area (Å²) in [5.74, 6) is 1.02. The van der Waals surface area contributed by atoms with Gasteiger partial charge in [0.2, 0.25) is 11.8 Å². The average Bonchev–Trinajstić information content (AvgIpc) is 3.19. The number of hydrogen-bond donors (Lipinski definition) is 0. The minimum Gasteiger partial charge on any atom is -0.497 e. The third-order valence-electron chi connectivity index (χ3n) is 7.06. The number of fused-ring (bicyclic) bond motifs is 1. The Morgan fingerprint density at radius 1 is 1.12 bits per heavy atom. The first-order valence-corrected chi connectivity index (χ1v) is 11.5. The number of carbonyl (C=O) groups excluding carboxylic acids is 3. The highest BCUT2D eigenvalue weighted by atomic mass is 16.5. The minimum absolute atomic E-state index is 0.0254. The van der Waals surface area contributed by atoms with Crippen LogP contribution in [0.15, 0.2) is 48.5 Å². The van der Waals surface area contributed by atoms with Crippen molar-refractivity contribution in [2.75, 3.05) is 26.7 Å². The maximum absolute atomic E-state index is 13.2. The SMILES string of the molecule is COc1ccc2c(c1)OC1(CCN(C(=O)C3CC(=O)N(Cc4ccccc4)C3)CC1)CC2=O. The summed E-state index contributed by atoms with van der Waals surface area (Å²) >= 11 is 0. The Labute approximate surface area is 193 Å². The van der Waals surface area contributed by atoms with E-state index in [1.165, 1.54) is 0 Å². The van der Waals surface area contributed by atoms with Crippen molar-refractivity contribution in [1.82, 2.24) is 9.80 Å². The monoisotopic (exact) mass is 448 g/mol. The molecule has 0 aliphatic carbocycles. The fourth-order valence-corrected chi connectivity index (χ4v) is 5.17. The molecule has 2 saturated heterocycles. The second-order valence-electron chi connectivity index (χ2n) is 9.23. The molecular weight excluding hydrogens is 420 g/mol. The molecule has 5 rings (SSSR count). The number of piperidine rings is 1. The van der Waals surface area contributed by atoms with Gasteiger partial charge in [0.05, 0.1) is 25.0 Å². The summed E-state index contributed by atoms with van der Waals surface area (Å²) in [6.45, 7) is 2.03. The van der Waals surface area contributed by atoms with Crippen molar-refractivity contribution >= 4 is 17.6 Å². The number of Topliss-reactive ketones (excluding diaryl/α,β-unsaturated/α-hetero) is 1. The molecular formula is C26H28N2O5. The number of carbonyl (C=O) groups is 3. The van der Waals surface area contributed by atoms with E-state index >= 15 is 0 Å². The van der Waals surface area contributed by atoms with E-state index in [1.807, 2.05) is 35.2 Å². The minimum atomic E-state index is -0.585. The Kier molecular flexibility index (Phi) is 5.56. The summed E-state index contributed by atoms with van der Waals surface area (Å²) in [7, 11) is 1.58. The zero-order chi connectivity index (χ0) is 23.0. The fourth-order valence-electron chi connectivity index (χ4n) is 5.17. The van der Waals surface area contributed by atoms with Crippen molar-refractivity contribution in [3.63, 3.8) is 0 Å². The van der Waals surface area contributed by atoms with Crippen molar-refractivity contribution in [2.45, 2.75) is 37.8 Å². The summed E-state index contributed by atoms with van der Waals surface area (Å²) in [5, 5.41) is 0. The van der Waals surface area contributed by atoms with Gasteiger partial charge in [-0.1, -0.05) is 30.3 Å². The molecule has 0 N–H and O–H groups in total. The van der Waals surface area contributed by atoms with Crippen LogP contribution in [-0.2, 0) is 16.1 Å². The quantitative estimate of drug-likeness (QED) is 0.719. The maximum Gasteiger partial charge on any atom is 0.227 e. The molecule has 1 atom stereocenters. The summed E-state index contributed by atoms with van der Waals surface area (Å²) in [5.41, 5.74) is 1.07. The van der Waals surface area contributed by atoms with Gasteiger partial charge in [-0.25, -0.2) is 0 Å². The molecule has 33 heavy (non-hydrogen) atoms. The summed E-state index contributed by atoms with van der Waals surface area (Å²) in [6.07, 6.45) is 1.77. The van der Waals surface area contributed by atoms with Crippen LogP contribution in [0.4, 0.5) is 0 Å². The molecule has 2 amide bonds. The first kappa shape index (κ1) is 21.5. The molecule has 3 aliphatic rings. The van der Waals surface area contributed by atoms with E-state index in [0.29, 0.717) is 62.5 Å². The number of likely N-dealkylation sites (tertiary alicyclic amines) is 2. The number of nitrogens with zero attached hydrogens (tertiary/aromatic N) is 2. The molecule has 2 aromatic carbocycles. The normalized spacial score (nSPS) is 21.7. The molecule has 0 radical (unpaired) electrons. The fraction of sp³-hybridized carbons (Fsp3) is 0.423. The van der Waals surface area contributed by atoms with Gasteiger partial charge in [-0.2, -0.15) is 0 Å². The maximum atomic E-state index is 13.2. The van der Waals surface area contributed by atoms with E-state index in [1.54, 1.807) is 30.2 Å². The number of rotatable bonds is 4. The van der Waals surface area contributed by atoms with Crippen molar-refractivity contribution in [3.05, 3.63) is 59.7 Å². The molecule has 7 nitrogen and oxygen atoms in total. The van der Waals surface area contributed by atoms with E-state index in [9.17, 15) is 14.4 Å². The van der Waals surface area contributed by atoms with E-state index < -0.39 is 5.60 Å². The van der Waals surface area contributed by atoms with Gasteiger partial charge in [0.25, 0.3) is 0 Å². The lowest BCUT2D eigenvalue weighted by Gasteiger charge is -2.44. The molecule has 2 fully saturated rings. The molecule has 3 aliphatic heterocycles. The molecule has 0 saturated carbocycles. The molecule has 1 spiro atoms. The van der Waals surface area contributed by atoms with Crippen molar-refractivity contribution in [3.8, 4) is 11.5 Å². The van der Waals surface area contributed by atoms with Crippen molar-refractivity contribution in [2.24, 2.45) is 5.92 Å². The molecule has 3 heterocycles. The van der Waals surface area contributed by atoms with Crippen molar-refractivity contribution in [1.29, 1.82) is 0 Å². The Morgan fingerprint density at radius 3 is 2.61 bits per heavy atom. The molecule has 0 bridgehead atoms. The van der Waals surface area contributed by atoms with E-state index in [0.717, 1.165) is 5.56 Å².